The van der Waals surface area contributed by atoms with E-state index in [-0.39, 0.29) is 0 Å². The van der Waals surface area contributed by atoms with Crippen molar-refractivity contribution in [2.45, 2.75) is 32.0 Å². The molecule has 3 aromatic rings. The minimum atomic E-state index is 0.703. The summed E-state index contributed by atoms with van der Waals surface area (Å²) in [6.07, 6.45) is 4.60. The van der Waals surface area contributed by atoms with E-state index in [9.17, 15) is 0 Å². The Bertz CT molecular complexity index is 806. The van der Waals surface area contributed by atoms with Crippen molar-refractivity contribution in [1.29, 1.82) is 0 Å². The van der Waals surface area contributed by atoms with Crippen molar-refractivity contribution in [3.8, 4) is 0 Å². The Hall–Kier alpha value is -1.99. The fourth-order valence-electron chi connectivity index (χ4n) is 2.72. The van der Waals surface area contributed by atoms with Crippen LogP contribution in [0.1, 0.15) is 24.4 Å². The fourth-order valence-corrected chi connectivity index (χ4v) is 3.58. The van der Waals surface area contributed by atoms with Gasteiger partial charge in [-0.2, -0.15) is 0 Å². The van der Waals surface area contributed by atoms with Crippen LogP contribution in [0.5, 0.6) is 0 Å². The molecule has 1 aliphatic carbocycles. The molecule has 3 aromatic heterocycles. The van der Waals surface area contributed by atoms with Crippen LogP contribution >= 0.6 is 11.3 Å². The topological polar surface area (TPSA) is 49.6 Å². The number of pyridine rings is 1. The third-order valence-corrected chi connectivity index (χ3v) is 5.14. The summed E-state index contributed by atoms with van der Waals surface area (Å²) in [7, 11) is 4.24. The van der Waals surface area contributed by atoms with Crippen LogP contribution in [0.25, 0.3) is 5.65 Å². The van der Waals surface area contributed by atoms with E-state index in [4.69, 9.17) is 4.98 Å². The van der Waals surface area contributed by atoms with Crippen LogP contribution in [-0.2, 0) is 13.1 Å². The van der Waals surface area contributed by atoms with Gasteiger partial charge >= 0.3 is 0 Å². The summed E-state index contributed by atoms with van der Waals surface area (Å²) in [5, 5.41) is 11.8. The first-order valence-electron chi connectivity index (χ1n) is 7.85. The quantitative estimate of drug-likeness (QED) is 0.695. The maximum absolute atomic E-state index is 4.76. The van der Waals surface area contributed by atoms with Crippen LogP contribution in [-0.4, -0.2) is 44.6 Å². The van der Waals surface area contributed by atoms with E-state index >= 15 is 0 Å². The molecular weight excluding hydrogens is 308 g/mol. The third-order valence-electron chi connectivity index (χ3n) is 4.16. The molecule has 4 rings (SSSR count). The van der Waals surface area contributed by atoms with Crippen molar-refractivity contribution < 1.29 is 0 Å². The second kappa shape index (κ2) is 5.90. The molecule has 0 radical (unpaired) electrons. The van der Waals surface area contributed by atoms with Gasteiger partial charge in [-0.05, 0) is 32.0 Å². The highest BCUT2D eigenvalue weighted by Gasteiger charge is 2.28. The summed E-state index contributed by atoms with van der Waals surface area (Å²) >= 11 is 1.73. The monoisotopic (exact) mass is 328 g/mol. The molecule has 0 N–H and O–H groups in total. The molecule has 120 valence electrons. The van der Waals surface area contributed by atoms with E-state index in [1.165, 1.54) is 12.8 Å². The lowest BCUT2D eigenvalue weighted by Crippen LogP contribution is -2.21. The zero-order valence-electron chi connectivity index (χ0n) is 13.4. The molecule has 0 aliphatic heterocycles. The number of rotatable bonds is 6. The van der Waals surface area contributed by atoms with Gasteiger partial charge in [-0.25, -0.2) is 4.98 Å². The number of fused-ring (bicyclic) bond motifs is 1. The predicted molar refractivity (Wildman–Crippen MR) is 91.7 cm³/mol. The molecule has 23 heavy (non-hydrogen) atoms. The van der Waals surface area contributed by atoms with E-state index < -0.39 is 0 Å². The van der Waals surface area contributed by atoms with Crippen LogP contribution in [0.2, 0.25) is 0 Å². The van der Waals surface area contributed by atoms with Crippen LogP contribution in [0.15, 0.2) is 29.8 Å². The standard InChI is InChI=1S/C16H20N6S/c1-20(10-15-19-18-14-5-3-4-8-22(14)15)9-12-11-23-16(17-12)21(2)13-6-7-13/h3-5,8,11,13H,6-7,9-10H2,1-2H3. The zero-order chi connectivity index (χ0) is 15.8. The minimum absolute atomic E-state index is 0.703. The SMILES string of the molecule is CN(Cc1csc(N(C)C2CC2)n1)Cc1nnc2ccccn12. The molecule has 0 amide bonds. The lowest BCUT2D eigenvalue weighted by Gasteiger charge is -2.15. The van der Waals surface area contributed by atoms with Gasteiger partial charge in [0.25, 0.3) is 0 Å². The average molecular weight is 328 g/mol. The van der Waals surface area contributed by atoms with Gasteiger partial charge in [0.1, 0.15) is 0 Å². The highest BCUT2D eigenvalue weighted by Crippen LogP contribution is 2.32. The molecule has 1 aliphatic rings. The lowest BCUT2D eigenvalue weighted by molar-refractivity contribution is 0.306. The second-order valence-corrected chi connectivity index (χ2v) is 7.02. The van der Waals surface area contributed by atoms with E-state index in [1.807, 2.05) is 28.8 Å². The fraction of sp³-hybridized carbons (Fsp3) is 0.438. The molecule has 0 aromatic carbocycles. The van der Waals surface area contributed by atoms with E-state index in [1.54, 1.807) is 11.3 Å². The molecule has 7 heteroatoms. The molecule has 0 unspecified atom stereocenters. The van der Waals surface area contributed by atoms with E-state index in [2.05, 4.69) is 39.5 Å². The summed E-state index contributed by atoms with van der Waals surface area (Å²) in [4.78, 5) is 9.29. The van der Waals surface area contributed by atoms with E-state index in [0.717, 1.165) is 35.4 Å². The number of anilines is 1. The van der Waals surface area contributed by atoms with Crippen molar-refractivity contribution in [1.82, 2.24) is 24.5 Å². The zero-order valence-corrected chi connectivity index (χ0v) is 14.2. The van der Waals surface area contributed by atoms with Crippen LogP contribution in [0.4, 0.5) is 5.13 Å². The van der Waals surface area contributed by atoms with Crippen molar-refractivity contribution in [3.63, 3.8) is 0 Å². The molecular formula is C16H20N6S. The second-order valence-electron chi connectivity index (χ2n) is 6.18. The Balaban J connectivity index is 1.42. The molecule has 0 bridgehead atoms. The molecule has 1 saturated carbocycles. The van der Waals surface area contributed by atoms with Gasteiger partial charge in [0.15, 0.2) is 16.6 Å². The van der Waals surface area contributed by atoms with Gasteiger partial charge in [-0.15, -0.1) is 21.5 Å². The Morgan fingerprint density at radius 3 is 2.91 bits per heavy atom. The minimum Gasteiger partial charge on any atom is -0.348 e. The Morgan fingerprint density at radius 2 is 2.09 bits per heavy atom. The normalized spacial score (nSPS) is 14.7. The predicted octanol–water partition coefficient (Wildman–Crippen LogP) is 2.42. The van der Waals surface area contributed by atoms with Gasteiger partial charge < -0.3 is 4.90 Å². The molecule has 1 fully saturated rings. The average Bonchev–Trinajstić information content (AvgIpc) is 3.18. The highest BCUT2D eigenvalue weighted by atomic mass is 32.1. The maximum Gasteiger partial charge on any atom is 0.185 e. The Morgan fingerprint density at radius 1 is 1.22 bits per heavy atom. The first-order valence-corrected chi connectivity index (χ1v) is 8.73. The molecule has 3 heterocycles. The summed E-state index contributed by atoms with van der Waals surface area (Å²) in [5.41, 5.74) is 2.01. The van der Waals surface area contributed by atoms with Gasteiger partial charge in [-0.3, -0.25) is 9.30 Å². The molecule has 0 atom stereocenters. The van der Waals surface area contributed by atoms with Crippen molar-refractivity contribution >= 4 is 22.1 Å². The number of aromatic nitrogens is 4. The van der Waals surface area contributed by atoms with Crippen molar-refractivity contribution in [2.75, 3.05) is 19.0 Å². The van der Waals surface area contributed by atoms with Crippen molar-refractivity contribution in [2.24, 2.45) is 0 Å². The van der Waals surface area contributed by atoms with Crippen LogP contribution < -0.4 is 4.90 Å². The smallest absolute Gasteiger partial charge is 0.185 e. The molecule has 0 spiro atoms. The molecule has 6 nitrogen and oxygen atoms in total. The van der Waals surface area contributed by atoms with E-state index in [0.29, 0.717) is 6.04 Å². The third kappa shape index (κ3) is 3.07. The number of hydrogen-bond acceptors (Lipinski definition) is 6. The largest absolute Gasteiger partial charge is 0.348 e. The van der Waals surface area contributed by atoms with Gasteiger partial charge in [0.2, 0.25) is 0 Å². The summed E-state index contributed by atoms with van der Waals surface area (Å²) in [5.74, 6) is 0.952. The maximum atomic E-state index is 4.76. The van der Waals surface area contributed by atoms with Gasteiger partial charge in [0.05, 0.1) is 12.2 Å². The molecule has 0 saturated heterocycles. The number of nitrogens with zero attached hydrogens (tertiary/aromatic N) is 6. The first-order chi connectivity index (χ1) is 11.2. The highest BCUT2D eigenvalue weighted by molar-refractivity contribution is 7.13. The first kappa shape index (κ1) is 14.6. The lowest BCUT2D eigenvalue weighted by atomic mass is 10.4. The summed E-state index contributed by atoms with van der Waals surface area (Å²) in [6.45, 7) is 1.56. The van der Waals surface area contributed by atoms with Crippen LogP contribution in [0.3, 0.4) is 0 Å². The summed E-state index contributed by atoms with van der Waals surface area (Å²) < 4.78 is 2.03. The Kier molecular flexibility index (Phi) is 3.74. The Labute approximate surface area is 139 Å². The number of hydrogen-bond donors (Lipinski definition) is 0. The summed E-state index contributed by atoms with van der Waals surface area (Å²) in [6, 6.07) is 6.65. The van der Waals surface area contributed by atoms with Crippen molar-refractivity contribution in [3.05, 3.63) is 41.3 Å². The van der Waals surface area contributed by atoms with Gasteiger partial charge in [-0.1, -0.05) is 6.07 Å². The van der Waals surface area contributed by atoms with Crippen LogP contribution in [0, 0.1) is 0 Å². The van der Waals surface area contributed by atoms with Gasteiger partial charge in [0, 0.05) is 31.2 Å². The number of thiazole rings is 1.